The van der Waals surface area contributed by atoms with Gasteiger partial charge in [0.25, 0.3) is 10.0 Å². The van der Waals surface area contributed by atoms with Gasteiger partial charge in [0.15, 0.2) is 0 Å². The molecule has 0 spiro atoms. The fraction of sp³-hybridized carbons (Fsp3) is 0.0526. The molecule has 27 heavy (non-hydrogen) atoms. The smallest absolute Gasteiger partial charge is 0.270 e. The normalized spacial score (nSPS) is 10.4. The zero-order chi connectivity index (χ0) is 20.0. The SMILES string of the molecule is C=[N+]=[N-].Cc1ccc(S(=O)(=O)N(C(=N)N)c2ccc3ccccc3c2)cc1. The highest BCUT2D eigenvalue weighted by molar-refractivity contribution is 7.93. The average Bonchev–Trinajstić information content (AvgIpc) is 2.62. The van der Waals surface area contributed by atoms with E-state index in [2.05, 4.69) is 11.5 Å². The molecule has 0 radical (unpaired) electrons. The van der Waals surface area contributed by atoms with Crippen LogP contribution in [0.5, 0.6) is 0 Å². The van der Waals surface area contributed by atoms with Gasteiger partial charge in [0.05, 0.1) is 10.6 Å². The number of hydrogen-bond acceptors (Lipinski definition) is 3. The third kappa shape index (κ3) is 4.38. The molecule has 138 valence electrons. The van der Waals surface area contributed by atoms with Crippen molar-refractivity contribution in [3.8, 4) is 0 Å². The Balaban J connectivity index is 0.000000817. The van der Waals surface area contributed by atoms with Gasteiger partial charge in [0.1, 0.15) is 0 Å². The first kappa shape index (κ1) is 19.8. The summed E-state index contributed by atoms with van der Waals surface area (Å²) in [6, 6.07) is 19.2. The maximum absolute atomic E-state index is 12.9. The molecule has 3 rings (SSSR count). The number of guanidine groups is 1. The molecule has 0 aromatic heterocycles. The Morgan fingerprint density at radius 1 is 1.07 bits per heavy atom. The van der Waals surface area contributed by atoms with Crippen LogP contribution in [-0.4, -0.2) is 25.9 Å². The van der Waals surface area contributed by atoms with Crippen molar-refractivity contribution in [2.45, 2.75) is 11.8 Å². The summed E-state index contributed by atoms with van der Waals surface area (Å²) in [6.45, 7) is 4.54. The number of sulfonamides is 1. The lowest BCUT2D eigenvalue weighted by molar-refractivity contribution is 0.0110. The van der Waals surface area contributed by atoms with Gasteiger partial charge in [-0.1, -0.05) is 48.0 Å². The summed E-state index contributed by atoms with van der Waals surface area (Å²) in [7, 11) is -3.95. The summed E-state index contributed by atoms with van der Waals surface area (Å²) in [5.41, 5.74) is 14.0. The Kier molecular flexibility index (Phi) is 6.07. The molecule has 0 aliphatic carbocycles. The highest BCUT2D eigenvalue weighted by Crippen LogP contribution is 2.27. The number of anilines is 1. The highest BCUT2D eigenvalue weighted by Gasteiger charge is 2.27. The zero-order valence-corrected chi connectivity index (χ0v) is 15.5. The van der Waals surface area contributed by atoms with E-state index in [0.29, 0.717) is 5.69 Å². The first-order valence-corrected chi connectivity index (χ1v) is 9.30. The summed E-state index contributed by atoms with van der Waals surface area (Å²) < 4.78 is 26.7. The third-order valence-corrected chi connectivity index (χ3v) is 5.50. The van der Waals surface area contributed by atoms with E-state index in [1.807, 2.05) is 37.3 Å². The summed E-state index contributed by atoms with van der Waals surface area (Å²) in [5.74, 6) is -0.550. The third-order valence-electron chi connectivity index (χ3n) is 3.75. The first-order valence-electron chi connectivity index (χ1n) is 7.86. The van der Waals surface area contributed by atoms with E-state index in [0.717, 1.165) is 20.6 Å². The number of hydrogen-bond donors (Lipinski definition) is 2. The second-order valence-electron chi connectivity index (χ2n) is 5.64. The number of fused-ring (bicyclic) bond motifs is 1. The number of aryl methyl sites for hydroxylation is 1. The lowest BCUT2D eigenvalue weighted by atomic mass is 10.1. The minimum absolute atomic E-state index is 0.0939. The van der Waals surface area contributed by atoms with Crippen LogP contribution in [0.1, 0.15) is 5.56 Å². The van der Waals surface area contributed by atoms with Gasteiger partial charge in [-0.25, -0.2) is 12.7 Å². The van der Waals surface area contributed by atoms with Gasteiger partial charge in [-0.15, -0.1) is 0 Å². The molecule has 3 aromatic carbocycles. The molecular weight excluding hydrogens is 362 g/mol. The Labute approximate surface area is 157 Å². The van der Waals surface area contributed by atoms with E-state index >= 15 is 0 Å². The number of benzene rings is 3. The zero-order valence-electron chi connectivity index (χ0n) is 14.7. The molecule has 0 aliphatic heterocycles. The van der Waals surface area contributed by atoms with Crippen LogP contribution in [0.4, 0.5) is 5.69 Å². The molecule has 0 fully saturated rings. The second kappa shape index (κ2) is 8.27. The lowest BCUT2D eigenvalue weighted by Crippen LogP contribution is -2.41. The van der Waals surface area contributed by atoms with E-state index < -0.39 is 16.0 Å². The van der Waals surface area contributed by atoms with E-state index in [-0.39, 0.29) is 4.90 Å². The monoisotopic (exact) mass is 381 g/mol. The van der Waals surface area contributed by atoms with Crippen molar-refractivity contribution in [1.29, 1.82) is 5.41 Å². The topological polar surface area (TPSA) is 124 Å². The molecule has 0 amide bonds. The number of rotatable bonds is 3. The predicted molar refractivity (Wildman–Crippen MR) is 107 cm³/mol. The van der Waals surface area contributed by atoms with Crippen molar-refractivity contribution in [1.82, 2.24) is 0 Å². The Morgan fingerprint density at radius 2 is 1.63 bits per heavy atom. The van der Waals surface area contributed by atoms with Crippen LogP contribution in [0.15, 0.2) is 71.6 Å². The summed E-state index contributed by atoms with van der Waals surface area (Å²) in [4.78, 5) is 2.34. The molecule has 0 unspecified atom stereocenters. The molecular formula is C19H19N5O2S. The highest BCUT2D eigenvalue weighted by atomic mass is 32.2. The van der Waals surface area contributed by atoms with Crippen LogP contribution in [0, 0.1) is 12.3 Å². The molecule has 8 heteroatoms. The van der Waals surface area contributed by atoms with Gasteiger partial charge in [-0.2, -0.15) is 4.79 Å². The Hall–Kier alpha value is -3.48. The van der Waals surface area contributed by atoms with E-state index in [9.17, 15) is 8.42 Å². The largest absolute Gasteiger partial charge is 0.369 e. The van der Waals surface area contributed by atoms with Gasteiger partial charge in [0, 0.05) is 0 Å². The van der Waals surface area contributed by atoms with Crippen LogP contribution in [0.2, 0.25) is 0 Å². The van der Waals surface area contributed by atoms with Gasteiger partial charge >= 0.3 is 0 Å². The van der Waals surface area contributed by atoms with Crippen molar-refractivity contribution >= 4 is 39.2 Å². The molecule has 0 heterocycles. The summed E-state index contributed by atoms with van der Waals surface area (Å²) in [6.07, 6.45) is 0. The van der Waals surface area contributed by atoms with Crippen molar-refractivity contribution in [3.05, 3.63) is 77.8 Å². The predicted octanol–water partition coefficient (Wildman–Crippen LogP) is 3.15. The minimum Gasteiger partial charge on any atom is -0.369 e. The Morgan fingerprint density at radius 3 is 2.19 bits per heavy atom. The molecule has 3 aromatic rings. The van der Waals surface area contributed by atoms with Gasteiger partial charge in [-0.05, 0) is 42.0 Å². The fourth-order valence-corrected chi connectivity index (χ4v) is 3.87. The van der Waals surface area contributed by atoms with Gasteiger partial charge in [0.2, 0.25) is 12.7 Å². The average molecular weight is 381 g/mol. The summed E-state index contributed by atoms with van der Waals surface area (Å²) in [5, 5.41) is 9.63. The van der Waals surface area contributed by atoms with Gasteiger partial charge in [-0.3, -0.25) is 5.41 Å². The number of nitrogens with zero attached hydrogens (tertiary/aromatic N) is 3. The van der Waals surface area contributed by atoms with Crippen LogP contribution < -0.4 is 10.0 Å². The quantitative estimate of drug-likeness (QED) is 0.313. The van der Waals surface area contributed by atoms with Crippen molar-refractivity contribution in [2.24, 2.45) is 5.73 Å². The van der Waals surface area contributed by atoms with Crippen molar-refractivity contribution < 1.29 is 13.2 Å². The standard InChI is InChI=1S/C18H17N3O2S.CH2N2/c1-13-6-10-17(11-7-13)24(22,23)21(18(19)20)16-9-8-14-4-2-3-5-15(14)12-16;1-3-2/h2-12H,1H3,(H3,19,20);1H2. The molecule has 0 aliphatic rings. The molecule has 3 N–H and O–H groups in total. The van der Waals surface area contributed by atoms with Gasteiger partial charge < -0.3 is 11.3 Å². The number of nitrogens with one attached hydrogen (secondary N) is 1. The van der Waals surface area contributed by atoms with Crippen molar-refractivity contribution in [2.75, 3.05) is 4.31 Å². The fourth-order valence-electron chi connectivity index (χ4n) is 2.53. The second-order valence-corrected chi connectivity index (χ2v) is 7.43. The maximum Gasteiger partial charge on any atom is 0.270 e. The van der Waals surface area contributed by atoms with E-state index in [1.54, 1.807) is 24.3 Å². The molecule has 0 saturated carbocycles. The van der Waals surface area contributed by atoms with E-state index in [4.69, 9.17) is 16.7 Å². The molecule has 0 atom stereocenters. The maximum atomic E-state index is 12.9. The first-order chi connectivity index (χ1) is 12.8. The van der Waals surface area contributed by atoms with Crippen molar-refractivity contribution in [3.63, 3.8) is 0 Å². The van der Waals surface area contributed by atoms with Crippen LogP contribution in [0.25, 0.3) is 16.3 Å². The minimum atomic E-state index is -3.95. The van der Waals surface area contributed by atoms with E-state index in [1.165, 1.54) is 12.1 Å². The van der Waals surface area contributed by atoms with Crippen LogP contribution in [0.3, 0.4) is 0 Å². The molecule has 0 saturated heterocycles. The van der Waals surface area contributed by atoms with Crippen LogP contribution >= 0.6 is 0 Å². The summed E-state index contributed by atoms with van der Waals surface area (Å²) >= 11 is 0. The van der Waals surface area contributed by atoms with Crippen LogP contribution in [-0.2, 0) is 10.0 Å². The Bertz CT molecular complexity index is 1100. The lowest BCUT2D eigenvalue weighted by Gasteiger charge is -2.23. The number of nitrogens with two attached hydrogens (primary N) is 1. The molecule has 7 nitrogen and oxygen atoms in total. The molecule has 0 bridgehead atoms.